The van der Waals surface area contributed by atoms with Crippen LogP contribution in [0.3, 0.4) is 0 Å². The maximum Gasteiger partial charge on any atom is 0.335 e. The number of anilines is 2. The van der Waals surface area contributed by atoms with Gasteiger partial charge in [0.2, 0.25) is 5.91 Å². The fourth-order valence-electron chi connectivity index (χ4n) is 2.64. The summed E-state index contributed by atoms with van der Waals surface area (Å²) in [5.74, 6) is -1.85. The lowest BCUT2D eigenvalue weighted by Crippen LogP contribution is -2.34. The monoisotopic (exact) mass is 324 g/mol. The second kappa shape index (κ2) is 6.16. The maximum absolute atomic E-state index is 12.6. The van der Waals surface area contributed by atoms with Gasteiger partial charge in [0.15, 0.2) is 0 Å². The molecular formula is C18H16N2O4. The molecule has 2 N–H and O–H groups in total. The van der Waals surface area contributed by atoms with Crippen molar-refractivity contribution in [1.82, 2.24) is 0 Å². The van der Waals surface area contributed by atoms with E-state index in [2.05, 4.69) is 5.32 Å². The molecule has 0 aromatic heterocycles. The van der Waals surface area contributed by atoms with E-state index < -0.39 is 12.0 Å². The second-order valence-electron chi connectivity index (χ2n) is 5.69. The van der Waals surface area contributed by atoms with E-state index in [-0.39, 0.29) is 29.5 Å². The van der Waals surface area contributed by atoms with E-state index in [9.17, 15) is 14.4 Å². The van der Waals surface area contributed by atoms with Gasteiger partial charge in [0.25, 0.3) is 5.91 Å². The third-order valence-corrected chi connectivity index (χ3v) is 3.89. The van der Waals surface area contributed by atoms with Crippen molar-refractivity contribution in [3.05, 3.63) is 59.7 Å². The highest BCUT2D eigenvalue weighted by molar-refractivity contribution is 6.23. The Hall–Kier alpha value is -3.15. The first kappa shape index (κ1) is 15.7. The van der Waals surface area contributed by atoms with Crippen LogP contribution in [0.4, 0.5) is 11.4 Å². The van der Waals surface area contributed by atoms with Gasteiger partial charge in [-0.2, -0.15) is 0 Å². The summed E-state index contributed by atoms with van der Waals surface area (Å²) in [6, 6.07) is 12.7. The lowest BCUT2D eigenvalue weighted by Gasteiger charge is -2.16. The summed E-state index contributed by atoms with van der Waals surface area (Å²) in [7, 11) is 0. The molecule has 6 heteroatoms. The van der Waals surface area contributed by atoms with Crippen LogP contribution in [0, 0.1) is 6.92 Å². The number of carboxylic acid groups (broad SMARTS) is 1. The molecule has 0 bridgehead atoms. The van der Waals surface area contributed by atoms with E-state index >= 15 is 0 Å². The molecule has 1 aliphatic heterocycles. The molecule has 2 amide bonds. The Morgan fingerprint density at radius 2 is 1.88 bits per heavy atom. The minimum Gasteiger partial charge on any atom is -0.478 e. The summed E-state index contributed by atoms with van der Waals surface area (Å²) in [5.41, 5.74) is 2.16. The molecule has 1 aliphatic rings. The molecule has 1 heterocycles. The zero-order chi connectivity index (χ0) is 17.3. The molecular weight excluding hydrogens is 308 g/mol. The number of nitrogens with one attached hydrogen (secondary N) is 1. The van der Waals surface area contributed by atoms with E-state index in [4.69, 9.17) is 5.11 Å². The number of amides is 2. The highest BCUT2D eigenvalue weighted by Gasteiger charge is 2.39. The van der Waals surface area contributed by atoms with E-state index in [1.165, 1.54) is 18.2 Å². The predicted octanol–water partition coefficient (Wildman–Crippen LogP) is 2.44. The molecule has 0 radical (unpaired) electrons. The second-order valence-corrected chi connectivity index (χ2v) is 5.69. The van der Waals surface area contributed by atoms with Crippen molar-refractivity contribution in [3.8, 4) is 0 Å². The van der Waals surface area contributed by atoms with Crippen LogP contribution in [0.15, 0.2) is 48.5 Å². The normalized spacial score (nSPS) is 17.2. The quantitative estimate of drug-likeness (QED) is 0.844. The van der Waals surface area contributed by atoms with Gasteiger partial charge in [-0.1, -0.05) is 23.8 Å². The molecule has 2 aromatic carbocycles. The van der Waals surface area contributed by atoms with Gasteiger partial charge in [0.1, 0.15) is 6.04 Å². The van der Waals surface area contributed by atoms with Gasteiger partial charge in [0, 0.05) is 5.69 Å². The Labute approximate surface area is 138 Å². The number of rotatable bonds is 4. The van der Waals surface area contributed by atoms with Crippen LogP contribution in [0.25, 0.3) is 0 Å². The van der Waals surface area contributed by atoms with Crippen molar-refractivity contribution in [3.63, 3.8) is 0 Å². The average molecular weight is 324 g/mol. The molecule has 122 valence electrons. The number of carbonyl (C=O) groups excluding carboxylic acids is 2. The Bertz CT molecular complexity index is 814. The van der Waals surface area contributed by atoms with Gasteiger partial charge in [-0.15, -0.1) is 0 Å². The van der Waals surface area contributed by atoms with Gasteiger partial charge in [0.05, 0.1) is 17.7 Å². The molecule has 24 heavy (non-hydrogen) atoms. The third-order valence-electron chi connectivity index (χ3n) is 3.89. The summed E-state index contributed by atoms with van der Waals surface area (Å²) < 4.78 is 0. The molecule has 6 nitrogen and oxygen atoms in total. The number of nitrogens with zero attached hydrogens (tertiary/aromatic N) is 1. The van der Waals surface area contributed by atoms with Crippen molar-refractivity contribution < 1.29 is 19.5 Å². The van der Waals surface area contributed by atoms with Crippen molar-refractivity contribution in [2.45, 2.75) is 19.4 Å². The minimum atomic E-state index is -1.11. The van der Waals surface area contributed by atoms with Crippen LogP contribution < -0.4 is 10.2 Å². The Balaban J connectivity index is 1.82. The average Bonchev–Trinajstić information content (AvgIpc) is 2.83. The number of imide groups is 1. The minimum absolute atomic E-state index is 0.0306. The van der Waals surface area contributed by atoms with Gasteiger partial charge < -0.3 is 10.4 Å². The highest BCUT2D eigenvalue weighted by atomic mass is 16.4. The fourth-order valence-corrected chi connectivity index (χ4v) is 2.64. The topological polar surface area (TPSA) is 86.7 Å². The first-order chi connectivity index (χ1) is 11.5. The standard InChI is InChI=1S/C18H16N2O4/c1-11-5-7-13(8-6-11)19-15-10-16(21)20(17(15)22)14-4-2-3-12(9-14)18(23)24/h2-9,15,19H,10H2,1H3,(H,23,24)/t15-/m1/s1. The number of hydrogen-bond donors (Lipinski definition) is 2. The van der Waals surface area contributed by atoms with E-state index in [0.717, 1.165) is 16.2 Å². The van der Waals surface area contributed by atoms with Crippen LogP contribution in [0.5, 0.6) is 0 Å². The molecule has 1 atom stereocenters. The van der Waals surface area contributed by atoms with Crippen LogP contribution in [-0.4, -0.2) is 28.9 Å². The number of aryl methyl sites for hydroxylation is 1. The Morgan fingerprint density at radius 3 is 2.54 bits per heavy atom. The van der Waals surface area contributed by atoms with Crippen molar-refractivity contribution in [2.75, 3.05) is 10.2 Å². The molecule has 0 spiro atoms. The fraction of sp³-hybridized carbons (Fsp3) is 0.167. The molecule has 0 saturated carbocycles. The van der Waals surface area contributed by atoms with E-state index in [0.29, 0.717) is 0 Å². The van der Waals surface area contributed by atoms with Crippen LogP contribution >= 0.6 is 0 Å². The molecule has 1 fully saturated rings. The van der Waals surface area contributed by atoms with Crippen LogP contribution in [-0.2, 0) is 9.59 Å². The number of aromatic carboxylic acids is 1. The first-order valence-electron chi connectivity index (χ1n) is 7.49. The molecule has 2 aromatic rings. The predicted molar refractivity (Wildman–Crippen MR) is 89.1 cm³/mol. The van der Waals surface area contributed by atoms with Crippen molar-refractivity contribution >= 4 is 29.2 Å². The van der Waals surface area contributed by atoms with Crippen LogP contribution in [0.1, 0.15) is 22.3 Å². The number of carbonyl (C=O) groups is 3. The van der Waals surface area contributed by atoms with E-state index in [1.54, 1.807) is 6.07 Å². The smallest absolute Gasteiger partial charge is 0.335 e. The lowest BCUT2D eigenvalue weighted by atomic mass is 10.2. The van der Waals surface area contributed by atoms with Gasteiger partial charge >= 0.3 is 5.97 Å². The van der Waals surface area contributed by atoms with Gasteiger partial charge in [-0.3, -0.25) is 9.59 Å². The molecule has 1 saturated heterocycles. The Kier molecular flexibility index (Phi) is 4.04. The zero-order valence-electron chi connectivity index (χ0n) is 13.0. The zero-order valence-corrected chi connectivity index (χ0v) is 13.0. The largest absolute Gasteiger partial charge is 0.478 e. The van der Waals surface area contributed by atoms with Gasteiger partial charge in [-0.25, -0.2) is 9.69 Å². The number of hydrogen-bond acceptors (Lipinski definition) is 4. The van der Waals surface area contributed by atoms with Gasteiger partial charge in [-0.05, 0) is 37.3 Å². The summed E-state index contributed by atoms with van der Waals surface area (Å²) in [6.45, 7) is 1.96. The highest BCUT2D eigenvalue weighted by Crippen LogP contribution is 2.25. The van der Waals surface area contributed by atoms with E-state index in [1.807, 2.05) is 31.2 Å². The first-order valence-corrected chi connectivity index (χ1v) is 7.49. The van der Waals surface area contributed by atoms with Crippen LogP contribution in [0.2, 0.25) is 0 Å². The summed E-state index contributed by atoms with van der Waals surface area (Å²) >= 11 is 0. The lowest BCUT2D eigenvalue weighted by molar-refractivity contribution is -0.121. The van der Waals surface area contributed by atoms with Crippen molar-refractivity contribution in [2.24, 2.45) is 0 Å². The number of benzene rings is 2. The molecule has 0 unspecified atom stereocenters. The molecule has 3 rings (SSSR count). The molecule has 0 aliphatic carbocycles. The summed E-state index contributed by atoms with van der Waals surface area (Å²) in [6.07, 6.45) is 0.0318. The third kappa shape index (κ3) is 2.99. The number of carboxylic acids is 1. The summed E-state index contributed by atoms with van der Waals surface area (Å²) in [4.78, 5) is 36.9. The maximum atomic E-state index is 12.6. The Morgan fingerprint density at radius 1 is 1.17 bits per heavy atom. The van der Waals surface area contributed by atoms with Crippen molar-refractivity contribution in [1.29, 1.82) is 0 Å². The summed E-state index contributed by atoms with van der Waals surface area (Å²) in [5, 5.41) is 12.1. The SMILES string of the molecule is Cc1ccc(N[C@@H]2CC(=O)N(c3cccc(C(=O)O)c3)C2=O)cc1.